The number of nitrogens with zero attached hydrogens (tertiary/aromatic N) is 4. The van der Waals surface area contributed by atoms with Crippen molar-refractivity contribution in [3.63, 3.8) is 0 Å². The largest absolute Gasteiger partial charge is 0.365 e. The second-order valence-electron chi connectivity index (χ2n) is 5.85. The molecule has 2 aromatic heterocycles. The molecule has 7 heteroatoms. The van der Waals surface area contributed by atoms with Crippen LogP contribution in [0.2, 0.25) is 5.15 Å². The molecule has 0 radical (unpaired) electrons. The Labute approximate surface area is 146 Å². The third-order valence-electron chi connectivity index (χ3n) is 4.15. The number of nitrogens with one attached hydrogen (secondary N) is 1. The summed E-state index contributed by atoms with van der Waals surface area (Å²) in [5.41, 5.74) is 1.32. The normalized spacial score (nSPS) is 17.1. The smallest absolute Gasteiger partial charge is 0.272 e. The molecular weight excluding hydrogens is 326 g/mol. The first kappa shape index (κ1) is 16.6. The van der Waals surface area contributed by atoms with Crippen molar-refractivity contribution in [2.24, 2.45) is 0 Å². The summed E-state index contributed by atoms with van der Waals surface area (Å²) in [5, 5.41) is 3.89. The number of anilines is 1. The van der Waals surface area contributed by atoms with Crippen LogP contribution in [0.3, 0.4) is 0 Å². The minimum Gasteiger partial charge on any atom is -0.365 e. The van der Waals surface area contributed by atoms with Crippen molar-refractivity contribution in [1.29, 1.82) is 0 Å². The van der Waals surface area contributed by atoms with Crippen molar-refractivity contribution in [3.05, 3.63) is 46.6 Å². The molecule has 2 aromatic rings. The molecule has 3 rings (SSSR count). The van der Waals surface area contributed by atoms with Gasteiger partial charge in [-0.3, -0.25) is 9.78 Å². The molecule has 1 amide bonds. The van der Waals surface area contributed by atoms with E-state index in [0.717, 1.165) is 24.2 Å². The molecule has 6 nitrogen and oxygen atoms in total. The molecule has 0 bridgehead atoms. The maximum atomic E-state index is 12.5. The van der Waals surface area contributed by atoms with E-state index in [1.165, 1.54) is 0 Å². The Morgan fingerprint density at radius 1 is 1.42 bits per heavy atom. The summed E-state index contributed by atoms with van der Waals surface area (Å²) in [7, 11) is 0. The van der Waals surface area contributed by atoms with Crippen LogP contribution in [-0.2, 0) is 6.42 Å². The Morgan fingerprint density at radius 2 is 2.25 bits per heavy atom. The Hall–Kier alpha value is -2.21. The number of carbonyl (C=O) groups excluding carboxylic acids is 1. The zero-order valence-electron chi connectivity index (χ0n) is 13.8. The van der Waals surface area contributed by atoms with Gasteiger partial charge in [0.25, 0.3) is 5.91 Å². The van der Waals surface area contributed by atoms with Gasteiger partial charge < -0.3 is 10.2 Å². The Kier molecular flexibility index (Phi) is 4.94. The van der Waals surface area contributed by atoms with Gasteiger partial charge in [-0.05, 0) is 25.5 Å². The van der Waals surface area contributed by atoms with Gasteiger partial charge in [0.05, 0.1) is 0 Å². The molecule has 1 atom stereocenters. The minimum atomic E-state index is -0.0356. The van der Waals surface area contributed by atoms with Gasteiger partial charge in [0, 0.05) is 37.3 Å². The molecule has 0 aromatic carbocycles. The Morgan fingerprint density at radius 3 is 2.96 bits per heavy atom. The molecule has 1 unspecified atom stereocenters. The molecule has 1 fully saturated rings. The van der Waals surface area contributed by atoms with Crippen LogP contribution in [0.15, 0.2) is 24.4 Å². The van der Waals surface area contributed by atoms with Gasteiger partial charge in [0.2, 0.25) is 0 Å². The maximum absolute atomic E-state index is 12.5. The summed E-state index contributed by atoms with van der Waals surface area (Å²) < 4.78 is 0. The number of hydrogen-bond donors (Lipinski definition) is 1. The lowest BCUT2D eigenvalue weighted by atomic mass is 10.2. The van der Waals surface area contributed by atoms with Gasteiger partial charge in [0.1, 0.15) is 22.5 Å². The molecule has 0 saturated carbocycles. The summed E-state index contributed by atoms with van der Waals surface area (Å²) >= 11 is 6.18. The highest BCUT2D eigenvalue weighted by Gasteiger charge is 2.28. The molecule has 24 heavy (non-hydrogen) atoms. The van der Waals surface area contributed by atoms with Crippen LogP contribution in [0.4, 0.5) is 5.82 Å². The van der Waals surface area contributed by atoms with Crippen LogP contribution in [0.25, 0.3) is 0 Å². The van der Waals surface area contributed by atoms with Crippen LogP contribution < -0.4 is 5.32 Å². The second kappa shape index (κ2) is 7.13. The maximum Gasteiger partial charge on any atom is 0.272 e. The minimum absolute atomic E-state index is 0.0356. The molecule has 126 valence electrons. The number of hydrogen-bond acceptors (Lipinski definition) is 5. The molecule has 1 aliphatic heterocycles. The number of likely N-dealkylation sites (tertiary alicyclic amines) is 1. The predicted octanol–water partition coefficient (Wildman–Crippen LogP) is 2.72. The zero-order valence-corrected chi connectivity index (χ0v) is 14.5. The van der Waals surface area contributed by atoms with E-state index in [0.29, 0.717) is 29.8 Å². The number of aryl methyl sites for hydroxylation is 1. The van der Waals surface area contributed by atoms with Gasteiger partial charge in [0.15, 0.2) is 0 Å². The van der Waals surface area contributed by atoms with Crippen molar-refractivity contribution in [2.45, 2.75) is 32.7 Å². The first-order chi connectivity index (χ1) is 11.6. The number of amides is 1. The number of halogens is 1. The second-order valence-corrected chi connectivity index (χ2v) is 6.21. The van der Waals surface area contributed by atoms with Crippen molar-refractivity contribution in [1.82, 2.24) is 19.9 Å². The number of pyridine rings is 1. The monoisotopic (exact) mass is 345 g/mol. The highest BCUT2D eigenvalue weighted by molar-refractivity contribution is 6.30. The van der Waals surface area contributed by atoms with E-state index in [4.69, 9.17) is 11.6 Å². The molecule has 1 saturated heterocycles. The summed E-state index contributed by atoms with van der Waals surface area (Å²) in [6.07, 6.45) is 3.22. The van der Waals surface area contributed by atoms with Gasteiger partial charge in [-0.25, -0.2) is 9.97 Å². The molecule has 3 heterocycles. The first-order valence-electron chi connectivity index (χ1n) is 8.08. The third-order valence-corrected chi connectivity index (χ3v) is 4.52. The van der Waals surface area contributed by atoms with Gasteiger partial charge in [-0.2, -0.15) is 0 Å². The van der Waals surface area contributed by atoms with E-state index in [-0.39, 0.29) is 11.9 Å². The summed E-state index contributed by atoms with van der Waals surface area (Å²) in [6.45, 7) is 5.22. The summed E-state index contributed by atoms with van der Waals surface area (Å²) in [4.78, 5) is 27.2. The lowest BCUT2D eigenvalue weighted by Crippen LogP contribution is -2.32. The van der Waals surface area contributed by atoms with Crippen LogP contribution in [0, 0.1) is 6.92 Å². The van der Waals surface area contributed by atoms with Crippen molar-refractivity contribution in [2.75, 3.05) is 18.4 Å². The van der Waals surface area contributed by atoms with E-state index in [9.17, 15) is 4.79 Å². The third kappa shape index (κ3) is 3.48. The topological polar surface area (TPSA) is 71.0 Å². The summed E-state index contributed by atoms with van der Waals surface area (Å²) in [5.74, 6) is 1.43. The highest BCUT2D eigenvalue weighted by atomic mass is 35.5. The Balaban J connectivity index is 1.69. The van der Waals surface area contributed by atoms with Crippen molar-refractivity contribution in [3.8, 4) is 0 Å². The molecule has 1 aliphatic rings. The fourth-order valence-corrected chi connectivity index (χ4v) is 2.93. The first-order valence-corrected chi connectivity index (χ1v) is 8.46. The van der Waals surface area contributed by atoms with Crippen molar-refractivity contribution >= 4 is 23.3 Å². The SMILES string of the molecule is CCc1nc(Cl)c(C)c(NC2CCN(C(=O)c3ccccn3)C2)n1. The van der Waals surface area contributed by atoms with Crippen LogP contribution >= 0.6 is 11.6 Å². The Bertz CT molecular complexity index is 737. The quantitative estimate of drug-likeness (QED) is 0.863. The van der Waals surface area contributed by atoms with Gasteiger partial charge >= 0.3 is 0 Å². The highest BCUT2D eigenvalue weighted by Crippen LogP contribution is 2.23. The van der Waals surface area contributed by atoms with Crippen LogP contribution in [0.1, 0.15) is 35.2 Å². The van der Waals surface area contributed by atoms with E-state index in [2.05, 4.69) is 20.3 Å². The van der Waals surface area contributed by atoms with Crippen LogP contribution in [0.5, 0.6) is 0 Å². The van der Waals surface area contributed by atoms with Gasteiger partial charge in [-0.15, -0.1) is 0 Å². The van der Waals surface area contributed by atoms with E-state index in [1.807, 2.05) is 24.8 Å². The number of carbonyl (C=O) groups is 1. The zero-order chi connectivity index (χ0) is 17.1. The average molecular weight is 346 g/mol. The fraction of sp³-hybridized carbons (Fsp3) is 0.412. The predicted molar refractivity (Wildman–Crippen MR) is 93.3 cm³/mol. The molecular formula is C17H20ClN5O. The molecule has 0 aliphatic carbocycles. The summed E-state index contributed by atoms with van der Waals surface area (Å²) in [6, 6.07) is 5.51. The lowest BCUT2D eigenvalue weighted by molar-refractivity contribution is 0.0786. The van der Waals surface area contributed by atoms with E-state index < -0.39 is 0 Å². The standard InChI is InChI=1S/C17H20ClN5O/c1-3-14-21-15(18)11(2)16(22-14)20-12-7-9-23(10-12)17(24)13-6-4-5-8-19-13/h4-6,8,12H,3,7,9-10H2,1-2H3,(H,20,21,22). The number of rotatable bonds is 4. The van der Waals surface area contributed by atoms with Gasteiger partial charge in [-0.1, -0.05) is 24.6 Å². The molecule has 1 N–H and O–H groups in total. The molecule has 0 spiro atoms. The van der Waals surface area contributed by atoms with Crippen molar-refractivity contribution < 1.29 is 4.79 Å². The van der Waals surface area contributed by atoms with E-state index >= 15 is 0 Å². The van der Waals surface area contributed by atoms with E-state index in [1.54, 1.807) is 18.3 Å². The fourth-order valence-electron chi connectivity index (χ4n) is 2.74. The lowest BCUT2D eigenvalue weighted by Gasteiger charge is -2.18. The average Bonchev–Trinajstić information content (AvgIpc) is 3.07. The number of aromatic nitrogens is 3. The van der Waals surface area contributed by atoms with Crippen LogP contribution in [-0.4, -0.2) is 44.9 Å².